The molecule has 0 saturated heterocycles. The number of hydrogen-bond acceptors (Lipinski definition) is 5. The molecular formula is C9H13NO3S2. The van der Waals surface area contributed by atoms with Crippen LogP contribution in [0.5, 0.6) is 0 Å². The summed E-state index contributed by atoms with van der Waals surface area (Å²) in [5.74, 6) is -0.917. The second-order valence-corrected chi connectivity index (χ2v) is 5.13. The van der Waals surface area contributed by atoms with Crippen molar-refractivity contribution in [2.24, 2.45) is 0 Å². The molecule has 0 aromatic heterocycles. The van der Waals surface area contributed by atoms with E-state index in [1.54, 1.807) is 13.8 Å². The van der Waals surface area contributed by atoms with Gasteiger partial charge in [-0.2, -0.15) is 5.26 Å². The first kappa shape index (κ1) is 14.2. The third-order valence-corrected chi connectivity index (χ3v) is 3.02. The maximum absolute atomic E-state index is 10.4. The highest BCUT2D eigenvalue weighted by molar-refractivity contribution is 8.23. The van der Waals surface area contributed by atoms with Crippen molar-refractivity contribution in [1.82, 2.24) is 0 Å². The molecule has 1 N–H and O–H groups in total. The molecule has 0 radical (unpaired) electrons. The molecule has 0 rings (SSSR count). The van der Waals surface area contributed by atoms with E-state index in [4.69, 9.17) is 27.3 Å². The first-order valence-corrected chi connectivity index (χ1v) is 5.65. The largest absolute Gasteiger partial charge is 0.481 e. The number of hydrogen-bond donors (Lipinski definition) is 1. The molecule has 0 aliphatic heterocycles. The topological polar surface area (TPSA) is 70.3 Å². The van der Waals surface area contributed by atoms with Crippen molar-refractivity contribution in [3.63, 3.8) is 0 Å². The molecule has 4 nitrogen and oxygen atoms in total. The van der Waals surface area contributed by atoms with E-state index < -0.39 is 10.7 Å². The Morgan fingerprint density at radius 1 is 1.73 bits per heavy atom. The lowest BCUT2D eigenvalue weighted by molar-refractivity contribution is -0.137. The summed E-state index contributed by atoms with van der Waals surface area (Å²) in [6.45, 7) is 3.91. The van der Waals surface area contributed by atoms with E-state index in [1.807, 2.05) is 0 Å². The van der Waals surface area contributed by atoms with Gasteiger partial charge in [-0.25, -0.2) is 0 Å². The van der Waals surface area contributed by atoms with E-state index in [2.05, 4.69) is 6.07 Å². The molecular weight excluding hydrogens is 234 g/mol. The molecule has 0 bridgehead atoms. The molecule has 0 saturated carbocycles. The second-order valence-electron chi connectivity index (χ2n) is 3.02. The lowest BCUT2D eigenvalue weighted by Crippen LogP contribution is -2.21. The summed E-state index contributed by atoms with van der Waals surface area (Å²) in [7, 11) is 0. The number of nitrogens with zero attached hydrogens (tertiary/aromatic N) is 1. The summed E-state index contributed by atoms with van der Waals surface area (Å²) in [4.78, 5) is 10.4. The molecule has 0 spiro atoms. The molecule has 6 heteroatoms. The third kappa shape index (κ3) is 6.31. The number of thiocarbonyl (C=S) groups is 1. The zero-order valence-electron chi connectivity index (χ0n) is 8.65. The number of nitriles is 1. The number of carboxylic acids is 1. The zero-order chi connectivity index (χ0) is 11.9. The fraction of sp³-hybridized carbons (Fsp3) is 0.667. The van der Waals surface area contributed by atoms with Crippen LogP contribution in [-0.2, 0) is 9.53 Å². The Labute approximate surface area is 98.6 Å². The Kier molecular flexibility index (Phi) is 6.29. The molecule has 84 valence electrons. The van der Waals surface area contributed by atoms with Gasteiger partial charge in [0.1, 0.15) is 4.75 Å². The minimum Gasteiger partial charge on any atom is -0.481 e. The number of aliphatic carboxylic acids is 1. The molecule has 0 fully saturated rings. The van der Waals surface area contributed by atoms with Gasteiger partial charge < -0.3 is 9.84 Å². The first-order chi connectivity index (χ1) is 6.93. The van der Waals surface area contributed by atoms with Crippen LogP contribution >= 0.6 is 24.0 Å². The minimum atomic E-state index is -0.917. The van der Waals surface area contributed by atoms with Crippen molar-refractivity contribution >= 4 is 34.3 Å². The SMILES string of the molecule is CCOC(=S)SC(C)(C#N)CCC(=O)O. The molecule has 1 unspecified atom stereocenters. The van der Waals surface area contributed by atoms with E-state index in [9.17, 15) is 4.79 Å². The van der Waals surface area contributed by atoms with Crippen LogP contribution in [0.3, 0.4) is 0 Å². The summed E-state index contributed by atoms with van der Waals surface area (Å²) in [6, 6.07) is 2.06. The molecule has 0 aliphatic carbocycles. The summed E-state index contributed by atoms with van der Waals surface area (Å²) in [5, 5.41) is 17.5. The fourth-order valence-corrected chi connectivity index (χ4v) is 2.27. The highest BCUT2D eigenvalue weighted by Crippen LogP contribution is 2.30. The van der Waals surface area contributed by atoms with Gasteiger partial charge in [-0.05, 0) is 32.5 Å². The number of thioether (sulfide) groups is 1. The highest BCUT2D eigenvalue weighted by atomic mass is 32.2. The van der Waals surface area contributed by atoms with Crippen LogP contribution in [0, 0.1) is 11.3 Å². The Bertz CT molecular complexity index is 288. The lowest BCUT2D eigenvalue weighted by atomic mass is 10.1. The molecule has 15 heavy (non-hydrogen) atoms. The monoisotopic (exact) mass is 247 g/mol. The predicted octanol–water partition coefficient (Wildman–Crippen LogP) is 2.19. The second kappa shape index (κ2) is 6.64. The van der Waals surface area contributed by atoms with Gasteiger partial charge in [0.2, 0.25) is 4.38 Å². The number of ether oxygens (including phenoxy) is 1. The van der Waals surface area contributed by atoms with Crippen molar-refractivity contribution in [2.45, 2.75) is 31.4 Å². The van der Waals surface area contributed by atoms with Crippen molar-refractivity contribution in [3.05, 3.63) is 0 Å². The number of rotatable bonds is 5. The Morgan fingerprint density at radius 2 is 2.33 bits per heavy atom. The average molecular weight is 247 g/mol. The van der Waals surface area contributed by atoms with Gasteiger partial charge in [-0.1, -0.05) is 11.8 Å². The summed E-state index contributed by atoms with van der Waals surface area (Å²) < 4.78 is 4.50. The van der Waals surface area contributed by atoms with Crippen LogP contribution in [0.25, 0.3) is 0 Å². The van der Waals surface area contributed by atoms with Gasteiger partial charge in [0, 0.05) is 6.42 Å². The van der Waals surface area contributed by atoms with Gasteiger partial charge in [-0.3, -0.25) is 4.79 Å². The van der Waals surface area contributed by atoms with Crippen molar-refractivity contribution in [3.8, 4) is 6.07 Å². The van der Waals surface area contributed by atoms with Gasteiger partial charge in [-0.15, -0.1) is 0 Å². The summed E-state index contributed by atoms with van der Waals surface area (Å²) in [6.07, 6.45) is 0.197. The van der Waals surface area contributed by atoms with Crippen molar-refractivity contribution in [2.75, 3.05) is 6.61 Å². The van der Waals surface area contributed by atoms with Crippen LogP contribution in [0.1, 0.15) is 26.7 Å². The molecule has 0 aliphatic rings. The molecule has 0 aromatic carbocycles. The Hall–Kier alpha value is -0.800. The van der Waals surface area contributed by atoms with Crippen LogP contribution in [0.4, 0.5) is 0 Å². The lowest BCUT2D eigenvalue weighted by Gasteiger charge is -2.19. The van der Waals surface area contributed by atoms with E-state index >= 15 is 0 Å². The summed E-state index contributed by atoms with van der Waals surface area (Å²) >= 11 is 5.99. The Morgan fingerprint density at radius 3 is 2.73 bits per heavy atom. The van der Waals surface area contributed by atoms with E-state index in [-0.39, 0.29) is 17.2 Å². The first-order valence-electron chi connectivity index (χ1n) is 4.42. The van der Waals surface area contributed by atoms with E-state index in [1.165, 1.54) is 0 Å². The van der Waals surface area contributed by atoms with Gasteiger partial charge in [0.15, 0.2) is 0 Å². The highest BCUT2D eigenvalue weighted by Gasteiger charge is 2.28. The zero-order valence-corrected chi connectivity index (χ0v) is 10.3. The van der Waals surface area contributed by atoms with E-state index in [0.29, 0.717) is 6.61 Å². The van der Waals surface area contributed by atoms with Crippen LogP contribution in [0.15, 0.2) is 0 Å². The van der Waals surface area contributed by atoms with Crippen LogP contribution in [0.2, 0.25) is 0 Å². The normalized spacial score (nSPS) is 13.7. The minimum absolute atomic E-state index is 0.0498. The van der Waals surface area contributed by atoms with Crippen molar-refractivity contribution < 1.29 is 14.6 Å². The predicted molar refractivity (Wildman–Crippen MR) is 62.7 cm³/mol. The quantitative estimate of drug-likeness (QED) is 0.751. The Balaban J connectivity index is 4.25. The molecule has 0 heterocycles. The average Bonchev–Trinajstić information content (AvgIpc) is 2.15. The maximum Gasteiger partial charge on any atom is 0.303 e. The molecule has 0 aromatic rings. The van der Waals surface area contributed by atoms with E-state index in [0.717, 1.165) is 11.8 Å². The maximum atomic E-state index is 10.4. The number of carboxylic acid groups (broad SMARTS) is 1. The smallest absolute Gasteiger partial charge is 0.303 e. The van der Waals surface area contributed by atoms with Gasteiger partial charge in [0.05, 0.1) is 12.7 Å². The number of carbonyl (C=O) groups is 1. The molecule has 1 atom stereocenters. The standard InChI is InChI=1S/C9H13NO3S2/c1-3-13-8(14)15-9(2,6-10)5-4-7(11)12/h3-5H2,1-2H3,(H,11,12). The van der Waals surface area contributed by atoms with Crippen molar-refractivity contribution in [1.29, 1.82) is 5.26 Å². The van der Waals surface area contributed by atoms with Crippen LogP contribution < -0.4 is 0 Å². The van der Waals surface area contributed by atoms with Gasteiger partial charge in [0.25, 0.3) is 0 Å². The van der Waals surface area contributed by atoms with Gasteiger partial charge >= 0.3 is 5.97 Å². The summed E-state index contributed by atoms with van der Waals surface area (Å²) in [5.41, 5.74) is 0. The molecule has 0 amide bonds. The van der Waals surface area contributed by atoms with Crippen LogP contribution in [-0.4, -0.2) is 26.8 Å². The third-order valence-electron chi connectivity index (χ3n) is 1.62. The fourth-order valence-electron chi connectivity index (χ4n) is 0.806.